The van der Waals surface area contributed by atoms with Gasteiger partial charge in [-0.3, -0.25) is 0 Å². The highest BCUT2D eigenvalue weighted by molar-refractivity contribution is 14.1. The molecule has 0 saturated carbocycles. The lowest BCUT2D eigenvalue weighted by Crippen LogP contribution is -2.05. The van der Waals surface area contributed by atoms with Crippen molar-refractivity contribution in [3.8, 4) is 0 Å². The Balaban J connectivity index is 2.83. The van der Waals surface area contributed by atoms with Gasteiger partial charge in [0.2, 0.25) is 0 Å². The summed E-state index contributed by atoms with van der Waals surface area (Å²) in [6, 6.07) is 0. The lowest BCUT2D eigenvalue weighted by Gasteiger charge is -2.00. The van der Waals surface area contributed by atoms with Crippen LogP contribution >= 0.6 is 22.6 Å². The lowest BCUT2D eigenvalue weighted by atomic mass is 10.2. The molecule has 0 fully saturated rings. The van der Waals surface area contributed by atoms with E-state index in [9.17, 15) is 0 Å². The Labute approximate surface area is 58.3 Å². The molecule has 0 spiro atoms. The van der Waals surface area contributed by atoms with Gasteiger partial charge in [-0.1, -0.05) is 35.9 Å². The highest BCUT2D eigenvalue weighted by atomic mass is 127. The van der Waals surface area contributed by atoms with Crippen molar-refractivity contribution in [1.82, 2.24) is 0 Å². The molecule has 0 aliphatic heterocycles. The van der Waals surface area contributed by atoms with E-state index >= 15 is 0 Å². The molecule has 1 atom stereocenters. The number of halogens is 1. The third-order valence-electron chi connectivity index (χ3n) is 0.800. The molecule has 0 aliphatic rings. The molecule has 44 valence electrons. The predicted molar refractivity (Wildman–Crippen MR) is 39.8 cm³/mol. The zero-order chi connectivity index (χ0) is 5.70. The number of aliphatic hydroxyl groups excluding tert-OH is 1. The summed E-state index contributed by atoms with van der Waals surface area (Å²) in [5.41, 5.74) is 0. The molecule has 1 N–H and O–H groups in total. The summed E-state index contributed by atoms with van der Waals surface area (Å²) in [4.78, 5) is 0. The van der Waals surface area contributed by atoms with Gasteiger partial charge in [0.25, 0.3) is 0 Å². The number of hydrogen-bond donors (Lipinski definition) is 1. The van der Waals surface area contributed by atoms with Gasteiger partial charge in [0.1, 0.15) is 0 Å². The number of hydrogen-bond acceptors (Lipinski definition) is 1. The fourth-order valence-corrected chi connectivity index (χ4v) is 0.851. The monoisotopic (exact) mass is 214 g/mol. The molecule has 2 heteroatoms. The summed E-state index contributed by atoms with van der Waals surface area (Å²) in [6.45, 7) is 2.08. The van der Waals surface area contributed by atoms with E-state index in [0.717, 1.165) is 17.3 Å². The van der Waals surface area contributed by atoms with Crippen molar-refractivity contribution in [2.24, 2.45) is 0 Å². The predicted octanol–water partition coefficient (Wildman–Crippen LogP) is 1.58. The third-order valence-corrected chi connectivity index (χ3v) is 1.82. The smallest absolute Gasteiger partial charge is 0.0629 e. The van der Waals surface area contributed by atoms with Crippen LogP contribution in [0, 0.1) is 0 Å². The maximum absolute atomic E-state index is 8.85. The summed E-state index contributed by atoms with van der Waals surface area (Å²) in [5, 5.41) is 8.85. The highest BCUT2D eigenvalue weighted by Gasteiger charge is 1.95. The Morgan fingerprint density at radius 1 is 1.71 bits per heavy atom. The fourth-order valence-electron chi connectivity index (χ4n) is 0.410. The van der Waals surface area contributed by atoms with Gasteiger partial charge in [0, 0.05) is 4.43 Å². The average molecular weight is 214 g/mol. The summed E-state index contributed by atoms with van der Waals surface area (Å²) >= 11 is 2.19. The first-order valence-electron chi connectivity index (χ1n) is 2.55. The van der Waals surface area contributed by atoms with Gasteiger partial charge in [-0.05, 0) is 6.42 Å². The minimum absolute atomic E-state index is 0.0643. The van der Waals surface area contributed by atoms with Crippen LogP contribution in [0.3, 0.4) is 0 Å². The minimum Gasteiger partial charge on any atom is -0.392 e. The molecule has 0 bridgehead atoms. The van der Waals surface area contributed by atoms with E-state index in [1.165, 1.54) is 0 Å². The van der Waals surface area contributed by atoms with Crippen molar-refractivity contribution in [3.63, 3.8) is 0 Å². The standard InChI is InChI=1S/C5H11IO/c1-2-3-5(7)4-6/h5,7H,2-4H2,1H3/t5-/m1/s1. The van der Waals surface area contributed by atoms with E-state index in [1.807, 2.05) is 0 Å². The number of alkyl halides is 1. The maximum atomic E-state index is 8.85. The quantitative estimate of drug-likeness (QED) is 0.558. The topological polar surface area (TPSA) is 20.2 Å². The van der Waals surface area contributed by atoms with Crippen LogP contribution in [0.5, 0.6) is 0 Å². The molecule has 0 aromatic rings. The van der Waals surface area contributed by atoms with Crippen LogP contribution in [0.2, 0.25) is 0 Å². The normalized spacial score (nSPS) is 14.1. The van der Waals surface area contributed by atoms with E-state index in [1.54, 1.807) is 0 Å². The summed E-state index contributed by atoms with van der Waals surface area (Å²) in [5.74, 6) is 0. The van der Waals surface area contributed by atoms with Crippen LogP contribution in [-0.4, -0.2) is 15.6 Å². The van der Waals surface area contributed by atoms with Crippen LogP contribution in [0.1, 0.15) is 19.8 Å². The van der Waals surface area contributed by atoms with E-state index in [2.05, 4.69) is 29.5 Å². The summed E-state index contributed by atoms with van der Waals surface area (Å²) < 4.78 is 0.867. The lowest BCUT2D eigenvalue weighted by molar-refractivity contribution is 0.191. The second-order valence-corrected chi connectivity index (χ2v) is 2.48. The first-order valence-corrected chi connectivity index (χ1v) is 4.07. The molecule has 0 heterocycles. The molecule has 0 radical (unpaired) electrons. The van der Waals surface area contributed by atoms with Crippen molar-refractivity contribution in [2.45, 2.75) is 25.9 Å². The Morgan fingerprint density at radius 3 is 2.43 bits per heavy atom. The van der Waals surface area contributed by atoms with Gasteiger partial charge in [0.15, 0.2) is 0 Å². The molecule has 0 unspecified atom stereocenters. The Hall–Kier alpha value is 0.690. The van der Waals surface area contributed by atoms with Gasteiger partial charge < -0.3 is 5.11 Å². The first-order chi connectivity index (χ1) is 3.31. The van der Waals surface area contributed by atoms with E-state index < -0.39 is 0 Å². The minimum atomic E-state index is -0.0643. The number of aliphatic hydroxyl groups is 1. The molecule has 1 nitrogen and oxygen atoms in total. The molecule has 7 heavy (non-hydrogen) atoms. The summed E-state index contributed by atoms with van der Waals surface area (Å²) in [7, 11) is 0. The molecular formula is C5H11IO. The Bertz CT molecular complexity index is 39.1. The highest BCUT2D eigenvalue weighted by Crippen LogP contribution is 1.98. The van der Waals surface area contributed by atoms with Crippen molar-refractivity contribution >= 4 is 22.6 Å². The summed E-state index contributed by atoms with van der Waals surface area (Å²) in [6.07, 6.45) is 1.97. The molecule has 0 aromatic carbocycles. The fraction of sp³-hybridized carbons (Fsp3) is 1.00. The van der Waals surface area contributed by atoms with Gasteiger partial charge in [0.05, 0.1) is 6.10 Å². The molecule has 0 aromatic heterocycles. The SMILES string of the molecule is CCC[C@@H](O)CI. The zero-order valence-electron chi connectivity index (χ0n) is 4.52. The molecule has 0 saturated heterocycles. The second-order valence-electron chi connectivity index (χ2n) is 1.60. The largest absolute Gasteiger partial charge is 0.392 e. The van der Waals surface area contributed by atoms with Crippen LogP contribution in [0.15, 0.2) is 0 Å². The van der Waals surface area contributed by atoms with Crippen LogP contribution in [0.4, 0.5) is 0 Å². The second kappa shape index (κ2) is 4.84. The molecule has 0 rings (SSSR count). The third kappa shape index (κ3) is 4.55. The van der Waals surface area contributed by atoms with Crippen LogP contribution < -0.4 is 0 Å². The molecular weight excluding hydrogens is 203 g/mol. The Kier molecular flexibility index (Phi) is 5.32. The zero-order valence-corrected chi connectivity index (χ0v) is 6.68. The van der Waals surface area contributed by atoms with Crippen LogP contribution in [-0.2, 0) is 0 Å². The van der Waals surface area contributed by atoms with Gasteiger partial charge in [-0.15, -0.1) is 0 Å². The van der Waals surface area contributed by atoms with Crippen molar-refractivity contribution in [3.05, 3.63) is 0 Å². The van der Waals surface area contributed by atoms with Crippen molar-refractivity contribution in [2.75, 3.05) is 4.43 Å². The van der Waals surface area contributed by atoms with Crippen molar-refractivity contribution in [1.29, 1.82) is 0 Å². The average Bonchev–Trinajstić information content (AvgIpc) is 1.68. The molecule has 0 amide bonds. The van der Waals surface area contributed by atoms with E-state index in [-0.39, 0.29) is 6.10 Å². The van der Waals surface area contributed by atoms with Crippen molar-refractivity contribution < 1.29 is 5.11 Å². The Morgan fingerprint density at radius 2 is 2.29 bits per heavy atom. The maximum Gasteiger partial charge on any atom is 0.0629 e. The number of rotatable bonds is 3. The van der Waals surface area contributed by atoms with E-state index in [4.69, 9.17) is 5.11 Å². The van der Waals surface area contributed by atoms with Gasteiger partial charge >= 0.3 is 0 Å². The van der Waals surface area contributed by atoms with E-state index in [0.29, 0.717) is 0 Å². The van der Waals surface area contributed by atoms with Gasteiger partial charge in [-0.2, -0.15) is 0 Å². The molecule has 0 aliphatic carbocycles. The van der Waals surface area contributed by atoms with Gasteiger partial charge in [-0.25, -0.2) is 0 Å². The first kappa shape index (κ1) is 7.69. The van der Waals surface area contributed by atoms with Crippen LogP contribution in [0.25, 0.3) is 0 Å².